The monoisotopic (exact) mass is 543 g/mol. The second kappa shape index (κ2) is 10.2. The smallest absolute Gasteiger partial charge is 0.395 e. The quantitative estimate of drug-likeness (QED) is 0.308. The maximum atomic E-state index is 14.7. The third kappa shape index (κ3) is 6.07. The number of hydrogen-bond donors (Lipinski definition) is 3. The number of thioether (sulfide) groups is 1. The zero-order valence-electron chi connectivity index (χ0n) is 18.2. The molecule has 6 nitrogen and oxygen atoms in total. The van der Waals surface area contributed by atoms with E-state index in [1.165, 1.54) is 0 Å². The fourth-order valence-corrected chi connectivity index (χ4v) is 4.90. The number of nitrogens with zero attached hydrogens (tertiary/aromatic N) is 1. The Hall–Kier alpha value is -2.91. The van der Waals surface area contributed by atoms with Gasteiger partial charge in [0, 0.05) is 33.9 Å². The van der Waals surface area contributed by atoms with Gasteiger partial charge in [-0.1, -0.05) is 0 Å². The van der Waals surface area contributed by atoms with Crippen molar-refractivity contribution in [1.82, 2.24) is 14.9 Å². The Morgan fingerprint density at radius 3 is 2.28 bits per heavy atom. The summed E-state index contributed by atoms with van der Waals surface area (Å²) in [5.41, 5.74) is -5.81. The average Bonchev–Trinajstić information content (AvgIpc) is 2.72. The Morgan fingerprint density at radius 1 is 1.06 bits per heavy atom. The minimum atomic E-state index is -5.16. The molecule has 0 aliphatic carbocycles. The lowest BCUT2D eigenvalue weighted by Crippen LogP contribution is -2.42. The normalized spacial score (nSPS) is 13.5. The van der Waals surface area contributed by atoms with Crippen LogP contribution in [0, 0.1) is 11.6 Å². The summed E-state index contributed by atoms with van der Waals surface area (Å²) < 4.78 is 109. The van der Waals surface area contributed by atoms with Gasteiger partial charge in [-0.05, 0) is 25.2 Å². The van der Waals surface area contributed by atoms with Crippen molar-refractivity contribution >= 4 is 22.7 Å². The highest BCUT2D eigenvalue weighted by molar-refractivity contribution is 7.99. The molecule has 0 saturated carbocycles. The van der Waals surface area contributed by atoms with E-state index in [0.717, 1.165) is 18.0 Å². The Kier molecular flexibility index (Phi) is 7.86. The fourth-order valence-electron chi connectivity index (χ4n) is 3.51. The summed E-state index contributed by atoms with van der Waals surface area (Å²) in [5.74, 6) is -2.93. The molecule has 1 aromatic heterocycles. The highest BCUT2D eigenvalue weighted by atomic mass is 32.2. The van der Waals surface area contributed by atoms with Crippen LogP contribution in [0.15, 0.2) is 38.8 Å². The molecular weight excluding hydrogens is 526 g/mol. The number of rotatable bonds is 7. The molecule has 2 aromatic carbocycles. The number of aliphatic hydroxyl groups excluding tert-OH is 1. The maximum absolute atomic E-state index is 14.7. The van der Waals surface area contributed by atoms with Gasteiger partial charge in [-0.3, -0.25) is 14.7 Å². The van der Waals surface area contributed by atoms with Crippen molar-refractivity contribution in [3.8, 4) is 11.1 Å². The standard InChI is InChI=1S/C21H17F8N3O3S/c1-32(8-20(24,25)26)10(6-33)7-36-17-15(11-3-2-9(22)4-14(11)23)13(21(27,28)29)5-12-16(17)30-19(35)31-18(12)34/h2-5,10,33H,6-8H2,1H3,(H2,30,31,34,35)/t10-/m0/s1. The minimum Gasteiger partial charge on any atom is -0.395 e. The molecule has 3 N–H and O–H groups in total. The van der Waals surface area contributed by atoms with E-state index in [2.05, 4.69) is 4.98 Å². The number of halogens is 8. The van der Waals surface area contributed by atoms with Crippen LogP contribution in [0.1, 0.15) is 5.56 Å². The van der Waals surface area contributed by atoms with E-state index >= 15 is 0 Å². The van der Waals surface area contributed by atoms with Crippen LogP contribution in [-0.4, -0.2) is 58.1 Å². The lowest BCUT2D eigenvalue weighted by atomic mass is 9.96. The number of alkyl halides is 6. The lowest BCUT2D eigenvalue weighted by molar-refractivity contribution is -0.147. The van der Waals surface area contributed by atoms with E-state index in [1.54, 1.807) is 4.98 Å². The van der Waals surface area contributed by atoms with E-state index in [0.29, 0.717) is 30.0 Å². The fraction of sp³-hybridized carbons (Fsp3) is 0.333. The van der Waals surface area contributed by atoms with Crippen LogP contribution >= 0.6 is 11.8 Å². The number of fused-ring (bicyclic) bond motifs is 1. The van der Waals surface area contributed by atoms with Gasteiger partial charge in [0.1, 0.15) is 11.6 Å². The predicted molar refractivity (Wildman–Crippen MR) is 116 cm³/mol. The van der Waals surface area contributed by atoms with Gasteiger partial charge in [0.15, 0.2) is 0 Å². The lowest BCUT2D eigenvalue weighted by Gasteiger charge is -2.27. The number of likely N-dealkylation sites (N-methyl/N-ethyl adjacent to an activating group) is 1. The number of H-pyrrole nitrogens is 2. The van der Waals surface area contributed by atoms with Gasteiger partial charge < -0.3 is 10.1 Å². The molecule has 0 aliphatic rings. The van der Waals surface area contributed by atoms with Gasteiger partial charge in [0.25, 0.3) is 5.56 Å². The molecule has 1 heterocycles. The van der Waals surface area contributed by atoms with Crippen molar-refractivity contribution < 1.29 is 40.2 Å². The van der Waals surface area contributed by atoms with Crippen LogP contribution < -0.4 is 11.2 Å². The molecule has 0 spiro atoms. The zero-order valence-corrected chi connectivity index (χ0v) is 19.0. The molecule has 196 valence electrons. The summed E-state index contributed by atoms with van der Waals surface area (Å²) in [4.78, 5) is 28.4. The van der Waals surface area contributed by atoms with Gasteiger partial charge in [-0.25, -0.2) is 13.6 Å². The Balaban J connectivity index is 2.30. The molecule has 3 rings (SSSR count). The molecule has 0 aliphatic heterocycles. The van der Waals surface area contributed by atoms with Gasteiger partial charge in [-0.2, -0.15) is 26.3 Å². The first kappa shape index (κ1) is 27.7. The molecule has 36 heavy (non-hydrogen) atoms. The van der Waals surface area contributed by atoms with Crippen LogP contribution in [0.25, 0.3) is 22.0 Å². The van der Waals surface area contributed by atoms with Crippen LogP contribution in [0.2, 0.25) is 0 Å². The maximum Gasteiger partial charge on any atom is 0.417 e. The molecule has 0 saturated heterocycles. The topological polar surface area (TPSA) is 89.2 Å². The summed E-state index contributed by atoms with van der Waals surface area (Å²) in [6.45, 7) is -2.27. The van der Waals surface area contributed by atoms with E-state index in [4.69, 9.17) is 0 Å². The Morgan fingerprint density at radius 2 is 1.72 bits per heavy atom. The summed E-state index contributed by atoms with van der Waals surface area (Å²) in [6, 6.07) is 0.926. The first-order valence-electron chi connectivity index (χ1n) is 9.99. The number of aliphatic hydroxyl groups is 1. The van der Waals surface area contributed by atoms with Crippen LogP contribution in [0.5, 0.6) is 0 Å². The van der Waals surface area contributed by atoms with Crippen LogP contribution in [-0.2, 0) is 6.18 Å². The zero-order chi connectivity index (χ0) is 27.0. The molecular formula is C21H17F8N3O3S. The minimum absolute atomic E-state index is 0.336. The molecule has 0 bridgehead atoms. The van der Waals surface area contributed by atoms with E-state index in [9.17, 15) is 49.8 Å². The Bertz CT molecular complexity index is 1380. The summed E-state index contributed by atoms with van der Waals surface area (Å²) in [5, 5.41) is 8.98. The third-order valence-corrected chi connectivity index (χ3v) is 6.43. The van der Waals surface area contributed by atoms with Crippen molar-refractivity contribution in [2.45, 2.75) is 23.3 Å². The molecule has 1 atom stereocenters. The number of aromatic amines is 2. The number of aromatic nitrogens is 2. The molecule has 0 amide bonds. The SMILES string of the molecule is CN(CC(F)(F)F)[C@@H](CO)CSc1c(-c2ccc(F)cc2F)c(C(F)(F)F)cc2c(=O)[nH]c(=O)[nH]c12. The average molecular weight is 543 g/mol. The van der Waals surface area contributed by atoms with E-state index < -0.39 is 92.7 Å². The van der Waals surface area contributed by atoms with Crippen molar-refractivity contribution in [3.63, 3.8) is 0 Å². The van der Waals surface area contributed by atoms with E-state index in [-0.39, 0.29) is 0 Å². The number of hydrogen-bond acceptors (Lipinski definition) is 5. The second-order valence-electron chi connectivity index (χ2n) is 7.76. The second-order valence-corrected chi connectivity index (χ2v) is 8.79. The Labute approximate surface area is 200 Å². The van der Waals surface area contributed by atoms with Crippen molar-refractivity contribution in [1.29, 1.82) is 0 Å². The van der Waals surface area contributed by atoms with Gasteiger partial charge in [0.2, 0.25) is 0 Å². The summed E-state index contributed by atoms with van der Waals surface area (Å²) >= 11 is 0.467. The van der Waals surface area contributed by atoms with Crippen molar-refractivity contribution in [2.24, 2.45) is 0 Å². The summed E-state index contributed by atoms with van der Waals surface area (Å²) in [6.07, 6.45) is -9.80. The highest BCUT2D eigenvalue weighted by Crippen LogP contribution is 2.46. The van der Waals surface area contributed by atoms with Gasteiger partial charge in [0.05, 0.1) is 29.6 Å². The summed E-state index contributed by atoms with van der Waals surface area (Å²) in [7, 11) is 1.03. The molecule has 0 radical (unpaired) electrons. The molecule has 3 aromatic rings. The largest absolute Gasteiger partial charge is 0.417 e. The number of nitrogens with one attached hydrogen (secondary N) is 2. The molecule has 15 heteroatoms. The first-order valence-corrected chi connectivity index (χ1v) is 11.0. The van der Waals surface area contributed by atoms with Crippen molar-refractivity contribution in [2.75, 3.05) is 26.0 Å². The predicted octanol–water partition coefficient (Wildman–Crippen LogP) is 4.13. The third-order valence-electron chi connectivity index (χ3n) is 5.18. The molecule has 0 unspecified atom stereocenters. The van der Waals surface area contributed by atoms with E-state index in [1.807, 2.05) is 0 Å². The number of benzene rings is 2. The van der Waals surface area contributed by atoms with Gasteiger partial charge in [-0.15, -0.1) is 11.8 Å². The van der Waals surface area contributed by atoms with Gasteiger partial charge >= 0.3 is 18.0 Å². The molecule has 0 fully saturated rings. The van der Waals surface area contributed by atoms with Crippen molar-refractivity contribution in [3.05, 3.63) is 62.3 Å². The first-order chi connectivity index (χ1) is 16.6. The van der Waals surface area contributed by atoms with Crippen LogP contribution in [0.4, 0.5) is 35.1 Å². The highest BCUT2D eigenvalue weighted by Gasteiger charge is 2.38. The van der Waals surface area contributed by atoms with Crippen LogP contribution in [0.3, 0.4) is 0 Å².